The van der Waals surface area contributed by atoms with Crippen molar-refractivity contribution in [2.24, 2.45) is 5.41 Å². The van der Waals surface area contributed by atoms with Crippen LogP contribution in [0.3, 0.4) is 0 Å². The van der Waals surface area contributed by atoms with E-state index in [2.05, 4.69) is 10.3 Å². The quantitative estimate of drug-likeness (QED) is 0.723. The summed E-state index contributed by atoms with van der Waals surface area (Å²) in [6, 6.07) is 0. The van der Waals surface area contributed by atoms with E-state index in [1.807, 2.05) is 20.8 Å². The van der Waals surface area contributed by atoms with E-state index in [1.54, 1.807) is 0 Å². The lowest BCUT2D eigenvalue weighted by atomic mass is 9.99. The summed E-state index contributed by atoms with van der Waals surface area (Å²) >= 11 is 0. The highest BCUT2D eigenvalue weighted by atomic mass is 19.1. The predicted octanol–water partition coefficient (Wildman–Crippen LogP) is 0.616. The molecule has 2 rings (SSSR count). The van der Waals surface area contributed by atoms with Gasteiger partial charge in [0.05, 0.1) is 18.9 Å². The van der Waals surface area contributed by atoms with Gasteiger partial charge in [-0.1, -0.05) is 20.8 Å². The molecule has 0 radical (unpaired) electrons. The minimum atomic E-state index is -1.41. The first-order chi connectivity index (χ1) is 11.5. The van der Waals surface area contributed by atoms with Crippen LogP contribution < -0.4 is 11.0 Å². The number of halogens is 1. The number of carbonyl (C=O) groups is 1. The van der Waals surface area contributed by atoms with E-state index in [-0.39, 0.29) is 12.0 Å². The highest BCUT2D eigenvalue weighted by Crippen LogP contribution is 2.28. The average molecular weight is 359 g/mol. The second kappa shape index (κ2) is 7.06. The zero-order valence-electron chi connectivity index (χ0n) is 14.4. The number of hydrogen-bond donors (Lipinski definition) is 3. The molecule has 1 aliphatic rings. The van der Waals surface area contributed by atoms with Gasteiger partial charge in [-0.15, -0.1) is 0 Å². The van der Waals surface area contributed by atoms with Crippen molar-refractivity contribution in [2.45, 2.75) is 52.2 Å². The van der Waals surface area contributed by atoms with Crippen LogP contribution in [0, 0.1) is 11.2 Å². The molecule has 0 saturated carbocycles. The Morgan fingerprint density at radius 2 is 2.08 bits per heavy atom. The number of anilines is 1. The molecule has 1 amide bonds. The molecule has 0 bridgehead atoms. The third kappa shape index (κ3) is 4.53. The van der Waals surface area contributed by atoms with E-state index in [4.69, 9.17) is 9.47 Å². The Hall–Kier alpha value is -2.04. The van der Waals surface area contributed by atoms with Gasteiger partial charge in [0, 0.05) is 0 Å². The van der Waals surface area contributed by atoms with Gasteiger partial charge in [0.1, 0.15) is 12.2 Å². The van der Waals surface area contributed by atoms with Gasteiger partial charge >= 0.3 is 11.8 Å². The third-order valence-electron chi connectivity index (χ3n) is 3.51. The van der Waals surface area contributed by atoms with Crippen LogP contribution in [0.4, 0.5) is 15.0 Å². The van der Waals surface area contributed by atoms with E-state index >= 15 is 0 Å². The maximum Gasteiger partial charge on any atom is 0.412 e. The minimum Gasteiger partial charge on any atom is -0.449 e. The first-order valence-corrected chi connectivity index (χ1v) is 7.73. The number of aliphatic hydroxyl groups excluding tert-OH is 2. The van der Waals surface area contributed by atoms with E-state index < -0.39 is 48.0 Å². The van der Waals surface area contributed by atoms with Gasteiger partial charge in [0.2, 0.25) is 0 Å². The molecule has 1 saturated heterocycles. The van der Waals surface area contributed by atoms with Crippen molar-refractivity contribution in [3.8, 4) is 0 Å². The fraction of sp³-hybridized carbons (Fsp3) is 0.667. The summed E-state index contributed by atoms with van der Waals surface area (Å²) in [5.74, 6) is -1.61. The first kappa shape index (κ1) is 19.3. The Bertz CT molecular complexity index is 701. The lowest BCUT2D eigenvalue weighted by Gasteiger charge is -2.19. The number of rotatable bonds is 3. The summed E-state index contributed by atoms with van der Waals surface area (Å²) < 4.78 is 25.0. The summed E-state index contributed by atoms with van der Waals surface area (Å²) in [7, 11) is 0. The lowest BCUT2D eigenvalue weighted by Crippen LogP contribution is -2.36. The number of hydrogen-bond acceptors (Lipinski definition) is 7. The second-order valence-electron chi connectivity index (χ2n) is 7.10. The van der Waals surface area contributed by atoms with Gasteiger partial charge in [-0.3, -0.25) is 9.88 Å². The Labute approximate surface area is 143 Å². The molecule has 2 heterocycles. The van der Waals surface area contributed by atoms with E-state index in [1.165, 1.54) is 6.92 Å². The monoisotopic (exact) mass is 359 g/mol. The van der Waals surface area contributed by atoms with Crippen LogP contribution in [-0.2, 0) is 9.47 Å². The molecule has 9 nitrogen and oxygen atoms in total. The Kier molecular flexibility index (Phi) is 5.45. The molecule has 140 valence electrons. The van der Waals surface area contributed by atoms with E-state index in [9.17, 15) is 24.2 Å². The van der Waals surface area contributed by atoms with Crippen molar-refractivity contribution in [1.29, 1.82) is 0 Å². The molecule has 25 heavy (non-hydrogen) atoms. The molecular weight excluding hydrogens is 337 g/mol. The van der Waals surface area contributed by atoms with Gasteiger partial charge in [-0.05, 0) is 12.3 Å². The number of amides is 1. The van der Waals surface area contributed by atoms with E-state index in [0.717, 1.165) is 10.8 Å². The molecule has 1 aliphatic heterocycles. The number of nitrogens with zero attached hydrogens (tertiary/aromatic N) is 2. The van der Waals surface area contributed by atoms with Gasteiger partial charge in [-0.25, -0.2) is 14.0 Å². The number of carbonyl (C=O) groups excluding carboxylic acids is 1. The molecule has 4 atom stereocenters. The number of aliphatic hydroxyl groups is 2. The zero-order valence-corrected chi connectivity index (χ0v) is 14.4. The van der Waals surface area contributed by atoms with Crippen LogP contribution in [0.5, 0.6) is 0 Å². The number of aromatic nitrogens is 2. The summed E-state index contributed by atoms with van der Waals surface area (Å²) in [5.41, 5.74) is -1.24. The highest BCUT2D eigenvalue weighted by molar-refractivity contribution is 5.83. The topological polar surface area (TPSA) is 123 Å². The molecule has 1 aromatic rings. The molecular formula is C15H22FN3O6. The SMILES string of the molecule is C[C@H]1O[C@@H](n2cc(F)c(NC(=O)OCC(C)(C)C)nc2=O)[C@H](O)[C@@H]1O. The van der Waals surface area contributed by atoms with Crippen molar-refractivity contribution < 1.29 is 28.9 Å². The Morgan fingerprint density at radius 1 is 1.44 bits per heavy atom. The van der Waals surface area contributed by atoms with Crippen molar-refractivity contribution in [2.75, 3.05) is 11.9 Å². The number of ether oxygens (including phenoxy) is 2. The minimum absolute atomic E-state index is 0.0927. The van der Waals surface area contributed by atoms with Crippen LogP contribution in [0.1, 0.15) is 33.9 Å². The molecule has 1 aromatic heterocycles. The number of nitrogens with one attached hydrogen (secondary N) is 1. The van der Waals surface area contributed by atoms with Crippen LogP contribution in [0.25, 0.3) is 0 Å². The molecule has 0 aromatic carbocycles. The highest BCUT2D eigenvalue weighted by Gasteiger charge is 2.42. The third-order valence-corrected chi connectivity index (χ3v) is 3.51. The lowest BCUT2D eigenvalue weighted by molar-refractivity contribution is -0.0355. The Morgan fingerprint density at radius 3 is 2.60 bits per heavy atom. The smallest absolute Gasteiger partial charge is 0.412 e. The first-order valence-electron chi connectivity index (χ1n) is 7.73. The zero-order chi connectivity index (χ0) is 18.9. The van der Waals surface area contributed by atoms with Crippen molar-refractivity contribution in [3.63, 3.8) is 0 Å². The summed E-state index contributed by atoms with van der Waals surface area (Å²) in [6.07, 6.45) is -4.84. The maximum atomic E-state index is 14.1. The summed E-state index contributed by atoms with van der Waals surface area (Å²) in [4.78, 5) is 27.1. The average Bonchev–Trinajstić information content (AvgIpc) is 2.75. The standard InChI is InChI=1S/C15H22FN3O6/c1-7-9(20)10(21)12(25-7)19-5-8(16)11(17-13(19)22)18-14(23)24-6-15(2,3)4/h5,7,9-10,12,20-21H,6H2,1-4H3,(H,17,18,22,23)/t7-,9-,10-,12-/m1/s1. The van der Waals surface area contributed by atoms with Crippen LogP contribution in [0.15, 0.2) is 11.0 Å². The largest absolute Gasteiger partial charge is 0.449 e. The summed E-state index contributed by atoms with van der Waals surface area (Å²) in [5, 5.41) is 21.6. The second-order valence-corrected chi connectivity index (χ2v) is 7.10. The van der Waals surface area contributed by atoms with Crippen LogP contribution in [-0.4, -0.2) is 50.8 Å². The van der Waals surface area contributed by atoms with Crippen molar-refractivity contribution >= 4 is 11.9 Å². The van der Waals surface area contributed by atoms with Gasteiger partial charge in [0.25, 0.3) is 0 Å². The predicted molar refractivity (Wildman–Crippen MR) is 84.5 cm³/mol. The van der Waals surface area contributed by atoms with Gasteiger partial charge in [0.15, 0.2) is 17.9 Å². The maximum absolute atomic E-state index is 14.1. The van der Waals surface area contributed by atoms with Gasteiger partial charge in [-0.2, -0.15) is 4.98 Å². The van der Waals surface area contributed by atoms with Crippen LogP contribution >= 0.6 is 0 Å². The van der Waals surface area contributed by atoms with Crippen molar-refractivity contribution in [1.82, 2.24) is 9.55 Å². The fourth-order valence-electron chi connectivity index (χ4n) is 2.19. The normalized spacial score (nSPS) is 26.5. The molecule has 3 N–H and O–H groups in total. The summed E-state index contributed by atoms with van der Waals surface area (Å²) in [6.45, 7) is 7.15. The van der Waals surface area contributed by atoms with E-state index in [0.29, 0.717) is 0 Å². The fourth-order valence-corrected chi connectivity index (χ4v) is 2.19. The van der Waals surface area contributed by atoms with Crippen LogP contribution in [0.2, 0.25) is 0 Å². The molecule has 0 spiro atoms. The Balaban J connectivity index is 2.15. The molecule has 0 unspecified atom stereocenters. The molecule has 10 heteroatoms. The molecule has 1 fully saturated rings. The van der Waals surface area contributed by atoms with Crippen molar-refractivity contribution in [3.05, 3.63) is 22.5 Å². The molecule has 0 aliphatic carbocycles. The van der Waals surface area contributed by atoms with Gasteiger partial charge < -0.3 is 19.7 Å².